The fourth-order valence-corrected chi connectivity index (χ4v) is 1.46. The Morgan fingerprint density at radius 1 is 1.89 bits per heavy atom. The summed E-state index contributed by atoms with van der Waals surface area (Å²) in [7, 11) is 0. The molecule has 0 amide bonds. The third-order valence-corrected chi connectivity index (χ3v) is 2.05. The van der Waals surface area contributed by atoms with E-state index in [0.717, 1.165) is 5.88 Å². The van der Waals surface area contributed by atoms with Crippen molar-refractivity contribution in [1.82, 2.24) is 4.90 Å². The van der Waals surface area contributed by atoms with E-state index in [1.807, 2.05) is 23.4 Å². The number of nitrogens with zero attached hydrogens (tertiary/aromatic N) is 1. The summed E-state index contributed by atoms with van der Waals surface area (Å²) in [6, 6.07) is 0. The minimum Gasteiger partial charge on any atom is -0.340 e. The molecule has 0 saturated carbocycles. The van der Waals surface area contributed by atoms with Gasteiger partial charge >= 0.3 is 0 Å². The van der Waals surface area contributed by atoms with Crippen LogP contribution in [0.4, 0.5) is 0 Å². The SMILES string of the molecule is CCC([O])N1C=CSC1. The van der Waals surface area contributed by atoms with Crippen LogP contribution in [-0.2, 0) is 5.11 Å². The van der Waals surface area contributed by atoms with E-state index >= 15 is 0 Å². The summed E-state index contributed by atoms with van der Waals surface area (Å²) in [6.07, 6.45) is 2.02. The average Bonchev–Trinajstić information content (AvgIpc) is 2.37. The van der Waals surface area contributed by atoms with Crippen molar-refractivity contribution < 1.29 is 5.11 Å². The molecule has 1 aliphatic rings. The molecule has 51 valence electrons. The molecule has 0 aromatic carbocycles. The molecule has 3 heteroatoms. The minimum absolute atomic E-state index is 0.531. The van der Waals surface area contributed by atoms with Gasteiger partial charge in [0.1, 0.15) is 0 Å². The van der Waals surface area contributed by atoms with Crippen molar-refractivity contribution in [2.24, 2.45) is 0 Å². The molecule has 0 fully saturated rings. The Hall–Kier alpha value is -0.150. The van der Waals surface area contributed by atoms with E-state index < -0.39 is 6.23 Å². The number of hydrogen-bond donors (Lipinski definition) is 0. The van der Waals surface area contributed by atoms with Crippen molar-refractivity contribution in [1.29, 1.82) is 0 Å². The van der Waals surface area contributed by atoms with Gasteiger partial charge in [0.2, 0.25) is 0 Å². The topological polar surface area (TPSA) is 23.1 Å². The minimum atomic E-state index is -0.531. The van der Waals surface area contributed by atoms with E-state index in [-0.39, 0.29) is 0 Å². The van der Waals surface area contributed by atoms with Gasteiger partial charge < -0.3 is 4.90 Å². The fourth-order valence-electron chi connectivity index (χ4n) is 0.707. The molecule has 1 aliphatic heterocycles. The maximum absolute atomic E-state index is 11.0. The highest BCUT2D eigenvalue weighted by molar-refractivity contribution is 8.02. The van der Waals surface area contributed by atoms with Gasteiger partial charge in [-0.15, -0.1) is 11.8 Å². The molecule has 0 saturated heterocycles. The van der Waals surface area contributed by atoms with Crippen LogP contribution in [0, 0.1) is 0 Å². The number of hydrogen-bond acceptors (Lipinski definition) is 2. The largest absolute Gasteiger partial charge is 0.340 e. The molecule has 1 radical (unpaired) electrons. The van der Waals surface area contributed by atoms with Crippen LogP contribution in [0.25, 0.3) is 0 Å². The molecular weight excluding hydrogens is 134 g/mol. The Morgan fingerprint density at radius 2 is 2.67 bits per heavy atom. The first kappa shape index (κ1) is 6.96. The first-order valence-corrected chi connectivity index (χ1v) is 4.09. The van der Waals surface area contributed by atoms with Gasteiger partial charge in [-0.3, -0.25) is 0 Å². The lowest BCUT2D eigenvalue weighted by Gasteiger charge is -2.17. The Balaban J connectivity index is 2.33. The third kappa shape index (κ3) is 1.63. The summed E-state index contributed by atoms with van der Waals surface area (Å²) < 4.78 is 0. The van der Waals surface area contributed by atoms with E-state index in [1.54, 1.807) is 11.8 Å². The molecule has 0 aliphatic carbocycles. The monoisotopic (exact) mass is 144 g/mol. The van der Waals surface area contributed by atoms with Gasteiger partial charge in [0.15, 0.2) is 6.23 Å². The highest BCUT2D eigenvalue weighted by atomic mass is 32.2. The van der Waals surface area contributed by atoms with Crippen LogP contribution in [0.3, 0.4) is 0 Å². The zero-order valence-corrected chi connectivity index (χ0v) is 6.23. The van der Waals surface area contributed by atoms with E-state index in [2.05, 4.69) is 0 Å². The second kappa shape index (κ2) is 3.13. The van der Waals surface area contributed by atoms with Crippen LogP contribution in [0.15, 0.2) is 11.6 Å². The normalized spacial score (nSPS) is 20.9. The van der Waals surface area contributed by atoms with E-state index in [0.29, 0.717) is 6.42 Å². The van der Waals surface area contributed by atoms with Crippen LogP contribution in [0.5, 0.6) is 0 Å². The second-order valence-electron chi connectivity index (χ2n) is 1.96. The maximum Gasteiger partial charge on any atom is 0.165 e. The Kier molecular flexibility index (Phi) is 2.42. The van der Waals surface area contributed by atoms with Gasteiger partial charge in [-0.1, -0.05) is 6.92 Å². The van der Waals surface area contributed by atoms with E-state index in [4.69, 9.17) is 0 Å². The lowest BCUT2D eigenvalue weighted by atomic mass is 10.4. The molecule has 1 rings (SSSR count). The molecule has 1 atom stereocenters. The van der Waals surface area contributed by atoms with Crippen LogP contribution in [-0.4, -0.2) is 17.0 Å². The molecule has 0 spiro atoms. The molecule has 0 aromatic heterocycles. The summed E-state index contributed by atoms with van der Waals surface area (Å²) in [5, 5.41) is 12.9. The number of rotatable bonds is 2. The molecular formula is C6H10NOS. The van der Waals surface area contributed by atoms with Gasteiger partial charge in [-0.05, 0) is 11.8 Å². The highest BCUT2D eigenvalue weighted by Gasteiger charge is 2.13. The Labute approximate surface area is 59.5 Å². The van der Waals surface area contributed by atoms with Crippen molar-refractivity contribution in [2.75, 3.05) is 5.88 Å². The number of thioether (sulfide) groups is 1. The summed E-state index contributed by atoms with van der Waals surface area (Å²) >= 11 is 1.67. The third-order valence-electron chi connectivity index (χ3n) is 1.29. The predicted molar refractivity (Wildman–Crippen MR) is 38.2 cm³/mol. The van der Waals surface area contributed by atoms with Gasteiger partial charge in [0, 0.05) is 6.20 Å². The van der Waals surface area contributed by atoms with Crippen LogP contribution >= 0.6 is 11.8 Å². The van der Waals surface area contributed by atoms with E-state index in [9.17, 15) is 5.11 Å². The van der Waals surface area contributed by atoms with E-state index in [1.165, 1.54) is 0 Å². The zero-order chi connectivity index (χ0) is 6.69. The predicted octanol–water partition coefficient (Wildman–Crippen LogP) is 1.63. The van der Waals surface area contributed by atoms with Crippen LogP contribution in [0.2, 0.25) is 0 Å². The summed E-state index contributed by atoms with van der Waals surface area (Å²) in [4.78, 5) is 1.81. The van der Waals surface area contributed by atoms with Crippen molar-refractivity contribution in [3.05, 3.63) is 11.6 Å². The second-order valence-corrected chi connectivity index (χ2v) is 2.82. The van der Waals surface area contributed by atoms with Gasteiger partial charge in [-0.25, -0.2) is 5.11 Å². The molecule has 0 bridgehead atoms. The van der Waals surface area contributed by atoms with Crippen LogP contribution < -0.4 is 0 Å². The smallest absolute Gasteiger partial charge is 0.165 e. The first-order chi connectivity index (χ1) is 4.34. The Bertz CT molecular complexity index is 116. The molecule has 2 nitrogen and oxygen atoms in total. The summed E-state index contributed by atoms with van der Waals surface area (Å²) in [6.45, 7) is 1.91. The van der Waals surface area contributed by atoms with Crippen molar-refractivity contribution >= 4 is 11.8 Å². The van der Waals surface area contributed by atoms with Crippen molar-refractivity contribution in [3.63, 3.8) is 0 Å². The van der Waals surface area contributed by atoms with Crippen molar-refractivity contribution in [2.45, 2.75) is 19.6 Å². The van der Waals surface area contributed by atoms with Crippen molar-refractivity contribution in [3.8, 4) is 0 Å². The van der Waals surface area contributed by atoms with Gasteiger partial charge in [-0.2, -0.15) is 0 Å². The molecule has 9 heavy (non-hydrogen) atoms. The standard InChI is InChI=1S/C6H10NOS/c1-2-6(8)7-3-4-9-5-7/h3-4,6H,2,5H2,1H3. The quantitative estimate of drug-likeness (QED) is 0.588. The first-order valence-electron chi connectivity index (χ1n) is 3.04. The maximum atomic E-state index is 11.0. The highest BCUT2D eigenvalue weighted by Crippen LogP contribution is 2.17. The fraction of sp³-hybridized carbons (Fsp3) is 0.667. The molecule has 1 unspecified atom stereocenters. The van der Waals surface area contributed by atoms with Gasteiger partial charge in [0.25, 0.3) is 0 Å². The average molecular weight is 144 g/mol. The zero-order valence-electron chi connectivity index (χ0n) is 5.41. The molecule has 0 aromatic rings. The summed E-state index contributed by atoms with van der Waals surface area (Å²) in [5.74, 6) is 0.835. The Morgan fingerprint density at radius 3 is 3.11 bits per heavy atom. The summed E-state index contributed by atoms with van der Waals surface area (Å²) in [5.41, 5.74) is 0. The lowest BCUT2D eigenvalue weighted by Crippen LogP contribution is -2.25. The van der Waals surface area contributed by atoms with Crippen LogP contribution in [0.1, 0.15) is 13.3 Å². The molecule has 1 heterocycles. The van der Waals surface area contributed by atoms with Gasteiger partial charge in [0.05, 0.1) is 5.88 Å². The molecule has 0 N–H and O–H groups in total. The lowest BCUT2D eigenvalue weighted by molar-refractivity contribution is -0.0130.